The summed E-state index contributed by atoms with van der Waals surface area (Å²) in [6.07, 6.45) is 8.13. The Morgan fingerprint density at radius 1 is 1.21 bits per heavy atom. The Labute approximate surface area is 228 Å². The van der Waals surface area contributed by atoms with E-state index in [1.807, 2.05) is 40.7 Å². The molecule has 3 rings (SSSR count). The summed E-state index contributed by atoms with van der Waals surface area (Å²) in [7, 11) is 0. The van der Waals surface area contributed by atoms with E-state index in [2.05, 4.69) is 13.2 Å². The van der Waals surface area contributed by atoms with Crippen molar-refractivity contribution in [3.05, 3.63) is 25.3 Å². The van der Waals surface area contributed by atoms with Gasteiger partial charge >= 0.3 is 5.97 Å². The average molecular weight is 533 g/mol. The normalized spacial score (nSPS) is 30.6. The number of carbonyl (C=O) groups is 3. The Kier molecular flexibility index (Phi) is 9.85. The first-order chi connectivity index (χ1) is 18.0. The molecule has 3 aliphatic heterocycles. The maximum absolute atomic E-state index is 14.3. The van der Waals surface area contributed by atoms with Crippen LogP contribution < -0.4 is 0 Å². The summed E-state index contributed by atoms with van der Waals surface area (Å²) >= 11 is 0. The molecule has 1 N–H and O–H groups in total. The minimum Gasteiger partial charge on any atom is -0.465 e. The van der Waals surface area contributed by atoms with Gasteiger partial charge in [0, 0.05) is 12.6 Å². The van der Waals surface area contributed by atoms with Gasteiger partial charge in [0.25, 0.3) is 0 Å². The SMILES string of the molecule is C=CCCCCOC(=O)[C@H]1[C@H]2C(=O)N([C@@H](CO)CC(C)C)C(C(=O)N(CC=C)C(C)C)C23CC[C@]1(CC)O3. The van der Waals surface area contributed by atoms with Crippen molar-refractivity contribution >= 4 is 17.8 Å². The Morgan fingerprint density at radius 3 is 2.47 bits per heavy atom. The van der Waals surface area contributed by atoms with Gasteiger partial charge in [0.2, 0.25) is 11.8 Å². The number of aliphatic hydroxyl groups excluding tert-OH is 1. The number of hydrogen-bond donors (Lipinski definition) is 1. The first kappa shape index (κ1) is 30.4. The van der Waals surface area contributed by atoms with Gasteiger partial charge in [-0.2, -0.15) is 0 Å². The van der Waals surface area contributed by atoms with Gasteiger partial charge in [-0.3, -0.25) is 14.4 Å². The van der Waals surface area contributed by atoms with Crippen LogP contribution in [-0.2, 0) is 23.9 Å². The van der Waals surface area contributed by atoms with Crippen LogP contribution >= 0.6 is 0 Å². The van der Waals surface area contributed by atoms with Crippen LogP contribution in [0.3, 0.4) is 0 Å². The summed E-state index contributed by atoms with van der Waals surface area (Å²) in [5.41, 5.74) is -1.97. The fourth-order valence-corrected chi connectivity index (χ4v) is 7.01. The highest BCUT2D eigenvalue weighted by Gasteiger charge is 2.79. The zero-order valence-electron chi connectivity index (χ0n) is 24.0. The van der Waals surface area contributed by atoms with E-state index >= 15 is 0 Å². The quantitative estimate of drug-likeness (QED) is 0.195. The molecule has 0 aromatic heterocycles. The largest absolute Gasteiger partial charge is 0.465 e. The number of amides is 2. The second kappa shape index (κ2) is 12.3. The van der Waals surface area contributed by atoms with Crippen molar-refractivity contribution in [2.45, 2.75) is 109 Å². The van der Waals surface area contributed by atoms with Crippen molar-refractivity contribution in [1.29, 1.82) is 0 Å². The first-order valence-electron chi connectivity index (χ1n) is 14.4. The predicted molar refractivity (Wildman–Crippen MR) is 146 cm³/mol. The molecule has 0 aliphatic carbocycles. The number of likely N-dealkylation sites (tertiary alicyclic amines) is 1. The van der Waals surface area contributed by atoms with E-state index in [0.717, 1.165) is 12.8 Å². The van der Waals surface area contributed by atoms with Crippen LogP contribution in [0.25, 0.3) is 0 Å². The number of rotatable bonds is 15. The summed E-state index contributed by atoms with van der Waals surface area (Å²) in [5, 5.41) is 10.4. The van der Waals surface area contributed by atoms with Gasteiger partial charge in [-0.05, 0) is 64.7 Å². The Balaban J connectivity index is 2.06. The van der Waals surface area contributed by atoms with Crippen LogP contribution in [0.1, 0.15) is 79.6 Å². The third-order valence-electron chi connectivity index (χ3n) is 8.73. The van der Waals surface area contributed by atoms with Crippen molar-refractivity contribution in [3.8, 4) is 0 Å². The Morgan fingerprint density at radius 2 is 1.92 bits per heavy atom. The van der Waals surface area contributed by atoms with E-state index in [4.69, 9.17) is 9.47 Å². The second-order valence-electron chi connectivity index (χ2n) is 11.9. The van der Waals surface area contributed by atoms with Gasteiger partial charge < -0.3 is 24.4 Å². The molecule has 0 saturated carbocycles. The molecule has 214 valence electrons. The number of carbonyl (C=O) groups excluding carboxylic acids is 3. The lowest BCUT2D eigenvalue weighted by Gasteiger charge is -2.41. The van der Waals surface area contributed by atoms with Gasteiger partial charge in [-0.25, -0.2) is 0 Å². The molecule has 1 spiro atoms. The molecular weight excluding hydrogens is 484 g/mol. The topological polar surface area (TPSA) is 96.4 Å². The predicted octanol–water partition coefficient (Wildman–Crippen LogP) is 3.87. The lowest BCUT2D eigenvalue weighted by molar-refractivity contribution is -0.164. The fourth-order valence-electron chi connectivity index (χ4n) is 7.01. The summed E-state index contributed by atoms with van der Waals surface area (Å²) < 4.78 is 12.5. The van der Waals surface area contributed by atoms with Crippen molar-refractivity contribution in [1.82, 2.24) is 9.80 Å². The molecular formula is C30H48N2O6. The number of fused-ring (bicyclic) bond motifs is 1. The fraction of sp³-hybridized carbons (Fsp3) is 0.767. The third-order valence-corrected chi connectivity index (χ3v) is 8.73. The number of allylic oxidation sites excluding steroid dienone is 1. The molecule has 2 bridgehead atoms. The van der Waals surface area contributed by atoms with Crippen molar-refractivity contribution in [2.24, 2.45) is 17.8 Å². The summed E-state index contributed by atoms with van der Waals surface area (Å²) in [6, 6.07) is -1.59. The van der Waals surface area contributed by atoms with Crippen molar-refractivity contribution in [2.75, 3.05) is 19.8 Å². The number of esters is 1. The molecule has 8 nitrogen and oxygen atoms in total. The molecule has 2 amide bonds. The van der Waals surface area contributed by atoms with Gasteiger partial charge in [-0.1, -0.05) is 32.9 Å². The minimum atomic E-state index is -1.13. The van der Waals surface area contributed by atoms with E-state index in [9.17, 15) is 19.5 Å². The van der Waals surface area contributed by atoms with Gasteiger partial charge in [-0.15, -0.1) is 13.2 Å². The van der Waals surface area contributed by atoms with E-state index < -0.39 is 41.1 Å². The Bertz CT molecular complexity index is 903. The number of hydrogen-bond acceptors (Lipinski definition) is 6. The molecule has 0 radical (unpaired) electrons. The minimum absolute atomic E-state index is 0.124. The van der Waals surface area contributed by atoms with E-state index in [0.29, 0.717) is 38.6 Å². The third kappa shape index (κ3) is 5.18. The van der Waals surface area contributed by atoms with E-state index in [1.165, 1.54) is 0 Å². The number of aliphatic hydroxyl groups is 1. The Hall–Kier alpha value is -2.19. The van der Waals surface area contributed by atoms with Crippen molar-refractivity contribution < 1.29 is 29.0 Å². The van der Waals surface area contributed by atoms with Crippen LogP contribution in [0.2, 0.25) is 0 Å². The van der Waals surface area contributed by atoms with Crippen LogP contribution in [0.15, 0.2) is 25.3 Å². The molecule has 3 aliphatic rings. The summed E-state index contributed by atoms with van der Waals surface area (Å²) in [4.78, 5) is 45.5. The lowest BCUT2D eigenvalue weighted by Crippen LogP contribution is -2.60. The summed E-state index contributed by atoms with van der Waals surface area (Å²) in [6.45, 7) is 17.8. The maximum Gasteiger partial charge on any atom is 0.312 e. The molecule has 0 aromatic rings. The molecule has 8 heteroatoms. The van der Waals surface area contributed by atoms with Crippen molar-refractivity contribution in [3.63, 3.8) is 0 Å². The van der Waals surface area contributed by atoms with Crippen LogP contribution in [0, 0.1) is 17.8 Å². The van der Waals surface area contributed by atoms with Crippen LogP contribution in [0.4, 0.5) is 0 Å². The highest BCUT2D eigenvalue weighted by Crippen LogP contribution is 2.65. The highest BCUT2D eigenvalue weighted by molar-refractivity contribution is 5.98. The monoisotopic (exact) mass is 532 g/mol. The zero-order chi connectivity index (χ0) is 28.3. The maximum atomic E-state index is 14.3. The van der Waals surface area contributed by atoms with Crippen LogP contribution in [-0.4, -0.2) is 81.8 Å². The summed E-state index contributed by atoms with van der Waals surface area (Å²) in [5.74, 6) is -2.32. The smallest absolute Gasteiger partial charge is 0.312 e. The van der Waals surface area contributed by atoms with E-state index in [-0.39, 0.29) is 37.0 Å². The first-order valence-corrected chi connectivity index (χ1v) is 14.4. The van der Waals surface area contributed by atoms with Gasteiger partial charge in [0.15, 0.2) is 0 Å². The molecule has 0 aromatic carbocycles. The molecule has 3 heterocycles. The molecule has 3 saturated heterocycles. The zero-order valence-corrected chi connectivity index (χ0v) is 24.0. The molecule has 38 heavy (non-hydrogen) atoms. The van der Waals surface area contributed by atoms with E-state index in [1.54, 1.807) is 15.9 Å². The second-order valence-corrected chi connectivity index (χ2v) is 11.9. The lowest BCUT2D eigenvalue weighted by atomic mass is 9.65. The standard InChI is InChI=1S/C30H48N2O6/c1-8-11-12-13-17-37-28(36)24-23-26(34)32(22(19-33)18-20(4)5)25(27(35)31(16-9-2)21(6)7)30(23)15-14-29(24,10-3)38-30/h8-9,20-25,33H,1-2,10-19H2,3-7H3/t22-,23+,24-,25?,29+,30?/m1/s1. The average Bonchev–Trinajstić information content (AvgIpc) is 3.48. The molecule has 2 unspecified atom stereocenters. The molecule has 6 atom stereocenters. The van der Waals surface area contributed by atoms with Crippen LogP contribution in [0.5, 0.6) is 0 Å². The number of unbranched alkanes of at least 4 members (excludes halogenated alkanes) is 2. The highest BCUT2D eigenvalue weighted by atomic mass is 16.6. The number of ether oxygens (including phenoxy) is 2. The van der Waals surface area contributed by atoms with Gasteiger partial charge in [0.05, 0.1) is 30.8 Å². The number of nitrogens with zero attached hydrogens (tertiary/aromatic N) is 2. The van der Waals surface area contributed by atoms with Gasteiger partial charge in [0.1, 0.15) is 17.6 Å². The molecule has 3 fully saturated rings.